The molecular formula is C11H18N2. The maximum Gasteiger partial charge on any atom is 0.105 e. The molecule has 0 aliphatic carbocycles. The molecule has 0 aromatic heterocycles. The molecule has 0 fully saturated rings. The molecule has 0 unspecified atom stereocenters. The van der Waals surface area contributed by atoms with Crippen LogP contribution in [0.1, 0.15) is 13.8 Å². The van der Waals surface area contributed by atoms with E-state index in [-0.39, 0.29) is 0 Å². The minimum atomic E-state index is 0.367. The van der Waals surface area contributed by atoms with Gasteiger partial charge in [-0.15, -0.1) is 0 Å². The van der Waals surface area contributed by atoms with E-state index in [1.54, 1.807) is 17.1 Å². The first-order valence-corrected chi connectivity index (χ1v) is 4.29. The number of hydrogen-bond donors (Lipinski definition) is 0. The molecular weight excluding hydrogens is 160 g/mol. The van der Waals surface area contributed by atoms with Crippen LogP contribution < -0.4 is 0 Å². The Balaban J connectivity index is 0. The summed E-state index contributed by atoms with van der Waals surface area (Å²) in [6, 6.07) is 2.04. The van der Waals surface area contributed by atoms with E-state index in [4.69, 9.17) is 5.26 Å². The summed E-state index contributed by atoms with van der Waals surface area (Å²) in [5.41, 5.74) is 0.904. The minimum Gasteiger partial charge on any atom is -0.361 e. The zero-order valence-electron chi connectivity index (χ0n) is 8.75. The number of nitriles is 1. The number of rotatable bonds is 4. The monoisotopic (exact) mass is 178 g/mol. The van der Waals surface area contributed by atoms with Crippen molar-refractivity contribution in [3.63, 3.8) is 0 Å². The van der Waals surface area contributed by atoms with Gasteiger partial charge in [0.15, 0.2) is 0 Å². The van der Waals surface area contributed by atoms with Crippen molar-refractivity contribution in [3.8, 4) is 6.07 Å². The van der Waals surface area contributed by atoms with Crippen LogP contribution in [0.4, 0.5) is 0 Å². The van der Waals surface area contributed by atoms with Crippen LogP contribution in [0.15, 0.2) is 37.1 Å². The molecule has 0 aliphatic rings. The van der Waals surface area contributed by atoms with Crippen LogP contribution in [0.2, 0.25) is 0 Å². The van der Waals surface area contributed by atoms with Gasteiger partial charge in [-0.05, 0) is 12.2 Å². The molecule has 0 spiro atoms. The summed E-state index contributed by atoms with van der Waals surface area (Å²) in [5.74, 6) is 0. The van der Waals surface area contributed by atoms with Crippen molar-refractivity contribution < 1.29 is 0 Å². The second-order valence-electron chi connectivity index (χ2n) is 2.05. The lowest BCUT2D eigenvalue weighted by Gasteiger charge is -2.15. The van der Waals surface area contributed by atoms with Crippen molar-refractivity contribution in [2.45, 2.75) is 13.8 Å². The Morgan fingerprint density at radius 3 is 2.31 bits per heavy atom. The molecule has 0 atom stereocenters. The Hall–Kier alpha value is -1.49. The van der Waals surface area contributed by atoms with Gasteiger partial charge in [-0.1, -0.05) is 33.1 Å². The Morgan fingerprint density at radius 1 is 1.46 bits per heavy atom. The number of hydrogen-bond acceptors (Lipinski definition) is 2. The Kier molecular flexibility index (Phi) is 11.4. The Labute approximate surface area is 81.5 Å². The normalized spacial score (nSPS) is 8.92. The summed E-state index contributed by atoms with van der Waals surface area (Å²) in [6.07, 6.45) is 5.17. The van der Waals surface area contributed by atoms with Crippen LogP contribution in [0.3, 0.4) is 0 Å². The van der Waals surface area contributed by atoms with Crippen LogP contribution in [-0.4, -0.2) is 18.5 Å². The van der Waals surface area contributed by atoms with Crippen LogP contribution in [0.25, 0.3) is 0 Å². The molecule has 2 heteroatoms. The molecule has 2 nitrogen and oxygen atoms in total. The summed E-state index contributed by atoms with van der Waals surface area (Å²) in [7, 11) is 1.83. The van der Waals surface area contributed by atoms with Crippen LogP contribution in [0.5, 0.6) is 0 Å². The van der Waals surface area contributed by atoms with Crippen molar-refractivity contribution >= 4 is 0 Å². The molecule has 72 valence electrons. The predicted molar refractivity (Wildman–Crippen MR) is 58.1 cm³/mol. The van der Waals surface area contributed by atoms with E-state index in [1.807, 2.05) is 33.0 Å². The highest BCUT2D eigenvalue weighted by Crippen LogP contribution is 2.00. The maximum absolute atomic E-state index is 8.37. The van der Waals surface area contributed by atoms with Gasteiger partial charge in [0.25, 0.3) is 0 Å². The van der Waals surface area contributed by atoms with E-state index in [9.17, 15) is 0 Å². The fourth-order valence-corrected chi connectivity index (χ4v) is 0.669. The molecule has 0 aromatic carbocycles. The third kappa shape index (κ3) is 6.89. The molecule has 0 bridgehead atoms. The van der Waals surface area contributed by atoms with Crippen molar-refractivity contribution in [2.75, 3.05) is 13.6 Å². The highest BCUT2D eigenvalue weighted by Gasteiger charge is 1.96. The summed E-state index contributed by atoms with van der Waals surface area (Å²) in [4.78, 5) is 1.80. The SMILES string of the molecule is C=C/C=C(\C=C)N(C)CC#N.CC. The fourth-order valence-electron chi connectivity index (χ4n) is 0.669. The standard InChI is InChI=1S/C9H12N2.C2H6/c1-4-6-9(5-2)11(3)8-7-10;1-2/h4-6H,1-2,8H2,3H3;1-2H3/b9-6+;. The number of likely N-dealkylation sites (N-methyl/N-ethyl adjacent to an activating group) is 1. The van der Waals surface area contributed by atoms with Gasteiger partial charge in [-0.3, -0.25) is 0 Å². The molecule has 0 heterocycles. The van der Waals surface area contributed by atoms with Crippen LogP contribution >= 0.6 is 0 Å². The number of nitrogens with zero attached hydrogens (tertiary/aromatic N) is 2. The van der Waals surface area contributed by atoms with E-state index in [0.717, 1.165) is 5.70 Å². The maximum atomic E-state index is 8.37. The van der Waals surface area contributed by atoms with Gasteiger partial charge in [0.1, 0.15) is 6.54 Å². The molecule has 0 radical (unpaired) electrons. The lowest BCUT2D eigenvalue weighted by molar-refractivity contribution is 0.485. The average molecular weight is 178 g/mol. The summed E-state index contributed by atoms with van der Waals surface area (Å²) in [6.45, 7) is 11.5. The van der Waals surface area contributed by atoms with E-state index in [2.05, 4.69) is 13.2 Å². The molecule has 13 heavy (non-hydrogen) atoms. The van der Waals surface area contributed by atoms with Gasteiger partial charge in [-0.2, -0.15) is 5.26 Å². The van der Waals surface area contributed by atoms with Gasteiger partial charge in [0.2, 0.25) is 0 Å². The molecule has 0 N–H and O–H groups in total. The number of allylic oxidation sites excluding steroid dienone is 3. The summed E-state index contributed by atoms with van der Waals surface area (Å²) < 4.78 is 0. The van der Waals surface area contributed by atoms with Crippen molar-refractivity contribution in [3.05, 3.63) is 37.1 Å². The van der Waals surface area contributed by atoms with Crippen LogP contribution in [0, 0.1) is 11.3 Å². The van der Waals surface area contributed by atoms with Gasteiger partial charge in [-0.25, -0.2) is 0 Å². The average Bonchev–Trinajstić information content (AvgIpc) is 2.17. The first-order chi connectivity index (χ1) is 6.26. The first-order valence-electron chi connectivity index (χ1n) is 4.29. The zero-order valence-corrected chi connectivity index (χ0v) is 8.75. The predicted octanol–water partition coefficient (Wildman–Crippen LogP) is 2.72. The van der Waals surface area contributed by atoms with Gasteiger partial charge in [0.05, 0.1) is 6.07 Å². The third-order valence-corrected chi connectivity index (χ3v) is 1.25. The van der Waals surface area contributed by atoms with Gasteiger partial charge < -0.3 is 4.90 Å². The van der Waals surface area contributed by atoms with E-state index in [0.29, 0.717) is 6.54 Å². The second-order valence-corrected chi connectivity index (χ2v) is 2.05. The highest BCUT2D eigenvalue weighted by atomic mass is 15.1. The molecule has 0 saturated carbocycles. The Morgan fingerprint density at radius 2 is 2.00 bits per heavy atom. The molecule has 0 aromatic rings. The van der Waals surface area contributed by atoms with Gasteiger partial charge >= 0.3 is 0 Å². The highest BCUT2D eigenvalue weighted by molar-refractivity contribution is 5.20. The summed E-state index contributed by atoms with van der Waals surface area (Å²) >= 11 is 0. The fraction of sp³-hybridized carbons (Fsp3) is 0.364. The Bertz CT molecular complexity index is 209. The molecule has 0 rings (SSSR count). The molecule has 0 amide bonds. The van der Waals surface area contributed by atoms with Crippen molar-refractivity contribution in [1.82, 2.24) is 4.90 Å². The third-order valence-electron chi connectivity index (χ3n) is 1.25. The van der Waals surface area contributed by atoms with Crippen LogP contribution in [-0.2, 0) is 0 Å². The van der Waals surface area contributed by atoms with E-state index < -0.39 is 0 Å². The lowest BCUT2D eigenvalue weighted by Crippen LogP contribution is -2.16. The first kappa shape index (κ1) is 14.1. The topological polar surface area (TPSA) is 27.0 Å². The minimum absolute atomic E-state index is 0.367. The zero-order chi connectivity index (χ0) is 10.7. The molecule has 0 saturated heterocycles. The summed E-state index contributed by atoms with van der Waals surface area (Å²) in [5, 5.41) is 8.37. The smallest absolute Gasteiger partial charge is 0.105 e. The lowest BCUT2D eigenvalue weighted by atomic mass is 10.3. The van der Waals surface area contributed by atoms with Gasteiger partial charge in [0, 0.05) is 12.7 Å². The van der Waals surface area contributed by atoms with E-state index >= 15 is 0 Å². The largest absolute Gasteiger partial charge is 0.361 e. The quantitative estimate of drug-likeness (QED) is 0.489. The van der Waals surface area contributed by atoms with E-state index in [1.165, 1.54) is 0 Å². The van der Waals surface area contributed by atoms with Crippen molar-refractivity contribution in [2.24, 2.45) is 0 Å². The second kappa shape index (κ2) is 10.5. The van der Waals surface area contributed by atoms with Crippen molar-refractivity contribution in [1.29, 1.82) is 5.26 Å². The molecule has 0 aliphatic heterocycles.